The van der Waals surface area contributed by atoms with Crippen molar-refractivity contribution in [2.75, 3.05) is 0 Å². The van der Waals surface area contributed by atoms with Crippen molar-refractivity contribution in [1.29, 1.82) is 5.26 Å². The van der Waals surface area contributed by atoms with E-state index in [0.717, 1.165) is 0 Å². The van der Waals surface area contributed by atoms with Gasteiger partial charge in [0.15, 0.2) is 0 Å². The Balaban J connectivity index is 3.55. The average molecular weight is 310 g/mol. The molecule has 15 heavy (non-hydrogen) atoms. The summed E-state index contributed by atoms with van der Waals surface area (Å²) >= 11 is 3.14. The second-order valence-electron chi connectivity index (χ2n) is 2.68. The second-order valence-corrected chi connectivity index (χ2v) is 6.11. The first-order chi connectivity index (χ1) is 6.90. The molecule has 0 aliphatic rings. The Bertz CT molecular complexity index is 536. The van der Waals surface area contributed by atoms with Crippen molar-refractivity contribution in [3.8, 4) is 6.07 Å². The van der Waals surface area contributed by atoms with E-state index in [-0.39, 0.29) is 17.0 Å². The van der Waals surface area contributed by atoms with E-state index < -0.39 is 9.05 Å². The van der Waals surface area contributed by atoms with Gasteiger partial charge >= 0.3 is 0 Å². The van der Waals surface area contributed by atoms with Gasteiger partial charge in [0.05, 0.1) is 16.5 Å². The van der Waals surface area contributed by atoms with Crippen molar-refractivity contribution < 1.29 is 8.42 Å². The van der Waals surface area contributed by atoms with Crippen LogP contribution in [0.5, 0.6) is 0 Å². The van der Waals surface area contributed by atoms with Gasteiger partial charge in [0, 0.05) is 21.7 Å². The van der Waals surface area contributed by atoms with Crippen molar-refractivity contribution in [1.82, 2.24) is 0 Å². The summed E-state index contributed by atoms with van der Waals surface area (Å²) in [6.07, 6.45) is 0. The van der Waals surface area contributed by atoms with Gasteiger partial charge in [0.2, 0.25) is 0 Å². The van der Waals surface area contributed by atoms with Gasteiger partial charge in [-0.3, -0.25) is 0 Å². The Kier molecular flexibility index (Phi) is 3.73. The van der Waals surface area contributed by atoms with Crippen molar-refractivity contribution in [3.63, 3.8) is 0 Å². The summed E-state index contributed by atoms with van der Waals surface area (Å²) in [5.74, 6) is 0. The van der Waals surface area contributed by atoms with Gasteiger partial charge in [0.1, 0.15) is 0 Å². The summed E-state index contributed by atoms with van der Waals surface area (Å²) in [6.45, 7) is 0.145. The molecule has 0 radical (unpaired) electrons. The monoisotopic (exact) mass is 308 g/mol. The fraction of sp³-hybridized carbons (Fsp3) is 0.125. The molecule has 0 heterocycles. The molecule has 2 N–H and O–H groups in total. The van der Waals surface area contributed by atoms with E-state index in [1.807, 2.05) is 6.07 Å². The molecule has 0 aliphatic carbocycles. The van der Waals surface area contributed by atoms with Crippen LogP contribution in [0, 0.1) is 11.3 Å². The Morgan fingerprint density at radius 1 is 1.53 bits per heavy atom. The minimum Gasteiger partial charge on any atom is -0.326 e. The third-order valence-corrected chi connectivity index (χ3v) is 3.82. The van der Waals surface area contributed by atoms with Gasteiger partial charge in [-0.1, -0.05) is 15.9 Å². The number of nitrogens with two attached hydrogens (primary N) is 1. The Morgan fingerprint density at radius 3 is 2.53 bits per heavy atom. The Hall–Kier alpha value is -0.610. The maximum Gasteiger partial charge on any atom is 0.261 e. The normalized spacial score (nSPS) is 11.1. The molecular weight excluding hydrogens is 304 g/mol. The Labute approximate surface area is 100 Å². The van der Waals surface area contributed by atoms with Crippen molar-refractivity contribution in [3.05, 3.63) is 27.7 Å². The number of hydrogen-bond donors (Lipinski definition) is 1. The minimum absolute atomic E-state index is 0.121. The van der Waals surface area contributed by atoms with E-state index >= 15 is 0 Å². The summed E-state index contributed by atoms with van der Waals surface area (Å²) in [5, 5.41) is 8.80. The predicted molar refractivity (Wildman–Crippen MR) is 59.8 cm³/mol. The molecule has 0 saturated heterocycles. The molecule has 0 saturated carbocycles. The van der Waals surface area contributed by atoms with Crippen LogP contribution in [0.25, 0.3) is 0 Å². The van der Waals surface area contributed by atoms with Gasteiger partial charge in [-0.15, -0.1) is 0 Å². The zero-order valence-electron chi connectivity index (χ0n) is 7.37. The predicted octanol–water partition coefficient (Wildman–Crippen LogP) is 1.71. The van der Waals surface area contributed by atoms with E-state index in [1.165, 1.54) is 12.1 Å². The molecule has 0 bridgehead atoms. The van der Waals surface area contributed by atoms with Gasteiger partial charge in [-0.25, -0.2) is 8.42 Å². The molecule has 7 heteroatoms. The molecule has 0 aromatic heterocycles. The van der Waals surface area contributed by atoms with Crippen molar-refractivity contribution in [2.24, 2.45) is 5.73 Å². The lowest BCUT2D eigenvalue weighted by Crippen LogP contribution is -2.03. The number of nitrogens with zero attached hydrogens (tertiary/aromatic N) is 1. The largest absolute Gasteiger partial charge is 0.326 e. The number of nitriles is 1. The molecule has 1 aromatic carbocycles. The van der Waals surface area contributed by atoms with Crippen LogP contribution >= 0.6 is 26.6 Å². The first-order valence-electron chi connectivity index (χ1n) is 3.77. The molecule has 0 aliphatic heterocycles. The van der Waals surface area contributed by atoms with Crippen LogP contribution in [0.3, 0.4) is 0 Å². The maximum absolute atomic E-state index is 11.1. The lowest BCUT2D eigenvalue weighted by atomic mass is 10.1. The average Bonchev–Trinajstić information content (AvgIpc) is 2.15. The van der Waals surface area contributed by atoms with Crippen LogP contribution in [-0.4, -0.2) is 8.42 Å². The van der Waals surface area contributed by atoms with E-state index in [1.54, 1.807) is 0 Å². The van der Waals surface area contributed by atoms with Gasteiger partial charge in [-0.05, 0) is 17.7 Å². The van der Waals surface area contributed by atoms with Crippen molar-refractivity contribution >= 4 is 35.7 Å². The zero-order chi connectivity index (χ0) is 11.6. The van der Waals surface area contributed by atoms with Crippen LogP contribution in [0.4, 0.5) is 0 Å². The molecule has 0 spiro atoms. The van der Waals surface area contributed by atoms with E-state index in [4.69, 9.17) is 21.7 Å². The third-order valence-electron chi connectivity index (χ3n) is 1.78. The number of rotatable bonds is 2. The lowest BCUT2D eigenvalue weighted by molar-refractivity contribution is 0.609. The summed E-state index contributed by atoms with van der Waals surface area (Å²) in [6, 6.07) is 4.40. The van der Waals surface area contributed by atoms with Crippen LogP contribution in [-0.2, 0) is 15.6 Å². The highest BCUT2D eigenvalue weighted by Gasteiger charge is 2.15. The Morgan fingerprint density at radius 2 is 2.13 bits per heavy atom. The topological polar surface area (TPSA) is 84.0 Å². The molecule has 0 amide bonds. The highest BCUT2D eigenvalue weighted by atomic mass is 79.9. The minimum atomic E-state index is -3.83. The molecular formula is C8H6BrClN2O2S. The molecule has 80 valence electrons. The zero-order valence-corrected chi connectivity index (χ0v) is 10.5. The molecule has 0 unspecified atom stereocenters. The molecule has 4 nitrogen and oxygen atoms in total. The highest BCUT2D eigenvalue weighted by molar-refractivity contribution is 9.10. The maximum atomic E-state index is 11.1. The highest BCUT2D eigenvalue weighted by Crippen LogP contribution is 2.26. The SMILES string of the molecule is N#Cc1cc(S(=O)(=O)Cl)cc(Br)c1CN. The lowest BCUT2D eigenvalue weighted by Gasteiger charge is -2.05. The van der Waals surface area contributed by atoms with Crippen molar-refractivity contribution in [2.45, 2.75) is 11.4 Å². The van der Waals surface area contributed by atoms with E-state index in [2.05, 4.69) is 15.9 Å². The van der Waals surface area contributed by atoms with Gasteiger partial charge < -0.3 is 5.73 Å². The van der Waals surface area contributed by atoms with E-state index in [0.29, 0.717) is 10.0 Å². The number of halogens is 2. The molecule has 0 fully saturated rings. The van der Waals surface area contributed by atoms with E-state index in [9.17, 15) is 8.42 Å². The fourth-order valence-electron chi connectivity index (χ4n) is 1.06. The first-order valence-corrected chi connectivity index (χ1v) is 6.87. The first kappa shape index (κ1) is 12.5. The van der Waals surface area contributed by atoms with Gasteiger partial charge in [-0.2, -0.15) is 5.26 Å². The second kappa shape index (κ2) is 4.49. The molecule has 1 rings (SSSR count). The molecule has 1 aromatic rings. The van der Waals surface area contributed by atoms with Crippen LogP contribution < -0.4 is 5.73 Å². The van der Waals surface area contributed by atoms with Crippen LogP contribution in [0.1, 0.15) is 11.1 Å². The third kappa shape index (κ3) is 2.69. The summed E-state index contributed by atoms with van der Waals surface area (Å²) in [5.41, 5.74) is 6.18. The summed E-state index contributed by atoms with van der Waals surface area (Å²) in [4.78, 5) is -0.121. The summed E-state index contributed by atoms with van der Waals surface area (Å²) in [7, 11) is 1.33. The van der Waals surface area contributed by atoms with Crippen LogP contribution in [0.2, 0.25) is 0 Å². The number of benzene rings is 1. The quantitative estimate of drug-likeness (QED) is 0.843. The standard InChI is InChI=1S/C8H6BrClN2O2S/c9-8-2-6(15(10,13)14)1-5(3-11)7(8)4-12/h1-2H,4,12H2. The smallest absolute Gasteiger partial charge is 0.261 e. The van der Waals surface area contributed by atoms with Gasteiger partial charge in [0.25, 0.3) is 9.05 Å². The molecule has 0 atom stereocenters. The summed E-state index contributed by atoms with van der Waals surface area (Å²) < 4.78 is 22.6. The van der Waals surface area contributed by atoms with Crippen LogP contribution in [0.15, 0.2) is 21.5 Å². The fourth-order valence-corrected chi connectivity index (χ4v) is 2.62. The number of hydrogen-bond acceptors (Lipinski definition) is 4.